The molecule has 0 radical (unpaired) electrons. The normalized spacial score (nSPS) is 21.8. The van der Waals surface area contributed by atoms with E-state index >= 15 is 0 Å². The van der Waals surface area contributed by atoms with Crippen molar-refractivity contribution in [1.82, 2.24) is 40.9 Å². The second-order valence-corrected chi connectivity index (χ2v) is 40.8. The van der Waals surface area contributed by atoms with Gasteiger partial charge in [0, 0.05) is 159 Å². The number of aliphatic carboxylic acids is 8. The second-order valence-electron chi connectivity index (χ2n) is 30.6. The fourth-order valence-electron chi connectivity index (χ4n) is 15.3. The third kappa shape index (κ3) is 22.4. The number of rotatable bonds is 8. The molecule has 12 heterocycles. The van der Waals surface area contributed by atoms with Crippen LogP contribution < -0.4 is 40.2 Å². The monoisotopic (exact) mass is 2020 g/mol. The number of nitrogens with zero attached hydrogens (tertiary/aromatic N) is 4. The van der Waals surface area contributed by atoms with Gasteiger partial charge in [-0.3, -0.25) is 77.1 Å². The third-order valence-electron chi connectivity index (χ3n) is 21.9. The maximum absolute atomic E-state index is 14.0. The molecular weight excluding hydrogens is 1940 g/mol. The average molecular weight is 2020 g/mol. The molecular formula is C88H80N8O32S8. The number of carboxylic acids is 8. The van der Waals surface area contributed by atoms with E-state index in [0.717, 1.165) is 86.4 Å². The molecule has 0 saturated heterocycles. The zero-order valence-electron chi connectivity index (χ0n) is 70.7. The summed E-state index contributed by atoms with van der Waals surface area (Å²) in [5.74, 6) is -23.0. The van der Waals surface area contributed by atoms with Gasteiger partial charge >= 0.3 is 47.8 Å². The Morgan fingerprint density at radius 2 is 0.412 bits per heavy atom. The standard InChI is InChI=1S/2C44H40N4O16S4/c2*49-33-9-3-15-63-31-7-1-5-21-22(31)6-2-8-32(21)64-16-4-10-34(50)46-28(42(57)58)18-66-68-20-30(44(61)62)48-39(53)25-13-11-23-35-24(12-14-26(36(25)35)40(48)54)38(52)47(37(23)51)29(43(59)60)19-67-65-17-27(45-33)41(55)56/h2*1-2,5-8,11-14,27-30H,3-4,9-10,15-20H2,(H,45,49)(H,46,50)(H,55,56)(H,57,58)(H,59,60)(H,61,62)/t2*27-,28-,29-,30-/m00/s1. The van der Waals surface area contributed by atoms with Gasteiger partial charge < -0.3 is 81.1 Å². The number of benzene rings is 8. The summed E-state index contributed by atoms with van der Waals surface area (Å²) in [6.45, 7) is 0.362. The van der Waals surface area contributed by atoms with Crippen LogP contribution in [0, 0.1) is 0 Å². The molecule has 48 heteroatoms. The van der Waals surface area contributed by atoms with Crippen molar-refractivity contribution in [1.29, 1.82) is 0 Å². The lowest BCUT2D eigenvalue weighted by molar-refractivity contribution is -0.141. The summed E-state index contributed by atoms with van der Waals surface area (Å²) in [6, 6.07) is 17.9. The van der Waals surface area contributed by atoms with Crippen molar-refractivity contribution in [2.45, 2.75) is 99.7 Å². The first-order chi connectivity index (χ1) is 65.2. The van der Waals surface area contributed by atoms with Gasteiger partial charge in [-0.15, -0.1) is 0 Å². The Kier molecular flexibility index (Phi) is 33.3. The van der Waals surface area contributed by atoms with Crippen molar-refractivity contribution in [3.63, 3.8) is 0 Å². The molecule has 0 aliphatic carbocycles. The fourth-order valence-corrected chi connectivity index (χ4v) is 24.7. The number of hydrogen-bond acceptors (Lipinski definition) is 32. The number of hydrogen-bond donors (Lipinski definition) is 12. The van der Waals surface area contributed by atoms with Crippen LogP contribution in [0.15, 0.2) is 121 Å². The Labute approximate surface area is 800 Å². The smallest absolute Gasteiger partial charge is 0.327 e. The van der Waals surface area contributed by atoms with E-state index in [1.165, 1.54) is 48.5 Å². The molecule has 12 amide bonds. The minimum Gasteiger partial charge on any atom is -0.493 e. The van der Waals surface area contributed by atoms with Crippen molar-refractivity contribution in [2.24, 2.45) is 0 Å². The van der Waals surface area contributed by atoms with Crippen molar-refractivity contribution in [3.8, 4) is 23.0 Å². The molecule has 8 aromatic carbocycles. The molecule has 24 bridgehead atoms. The van der Waals surface area contributed by atoms with Crippen LogP contribution in [0.3, 0.4) is 0 Å². The van der Waals surface area contributed by atoms with Gasteiger partial charge in [-0.1, -0.05) is 135 Å². The van der Waals surface area contributed by atoms with Gasteiger partial charge in [0.1, 0.15) is 71.3 Å². The Morgan fingerprint density at radius 1 is 0.243 bits per heavy atom. The first-order valence-corrected chi connectivity index (χ1v) is 51.4. The van der Waals surface area contributed by atoms with Gasteiger partial charge in [-0.05, 0) is 98.5 Å². The van der Waals surface area contributed by atoms with E-state index in [2.05, 4.69) is 21.3 Å². The average Bonchev–Trinajstić information content (AvgIpc) is 0.709. The van der Waals surface area contributed by atoms with Crippen LogP contribution in [0.4, 0.5) is 0 Å². The lowest BCUT2D eigenvalue weighted by atomic mass is 9.85. The highest BCUT2D eigenvalue weighted by atomic mass is 33.1. The highest BCUT2D eigenvalue weighted by Crippen LogP contribution is 2.44. The van der Waals surface area contributed by atoms with E-state index in [-0.39, 0.29) is 167 Å². The number of carbonyl (C=O) groups is 20. The predicted octanol–water partition coefficient (Wildman–Crippen LogP) is 8.05. The number of fused-ring (bicyclic) bond motifs is 4. The third-order valence-corrected chi connectivity index (χ3v) is 31.5. The quantitative estimate of drug-likeness (QED) is 0.0505. The molecule has 0 aromatic heterocycles. The summed E-state index contributed by atoms with van der Waals surface area (Å²) >= 11 is 0. The molecule has 712 valence electrons. The van der Waals surface area contributed by atoms with E-state index in [9.17, 15) is 137 Å². The highest BCUT2D eigenvalue weighted by Gasteiger charge is 2.49. The Morgan fingerprint density at radius 3 is 0.574 bits per heavy atom. The molecule has 0 spiro atoms. The molecule has 8 atom stereocenters. The number of ether oxygens (including phenoxy) is 4. The Bertz CT molecular complexity index is 5410. The maximum atomic E-state index is 14.0. The van der Waals surface area contributed by atoms with Crippen LogP contribution in [0.5, 0.6) is 23.0 Å². The van der Waals surface area contributed by atoms with Gasteiger partial charge in [0.05, 0.1) is 26.4 Å². The predicted molar refractivity (Wildman–Crippen MR) is 500 cm³/mol. The van der Waals surface area contributed by atoms with Crippen molar-refractivity contribution in [3.05, 3.63) is 166 Å². The molecule has 12 N–H and O–H groups in total. The van der Waals surface area contributed by atoms with Crippen molar-refractivity contribution >= 4 is 248 Å². The maximum Gasteiger partial charge on any atom is 0.327 e. The summed E-state index contributed by atoms with van der Waals surface area (Å²) < 4.78 is 23.9. The molecule has 12 aliphatic rings. The zero-order chi connectivity index (χ0) is 97.6. The zero-order valence-corrected chi connectivity index (χ0v) is 77.3. The van der Waals surface area contributed by atoms with Gasteiger partial charge in [0.2, 0.25) is 23.6 Å². The van der Waals surface area contributed by atoms with Gasteiger partial charge in [-0.2, -0.15) is 0 Å². The second kappa shape index (κ2) is 45.1. The lowest BCUT2D eigenvalue weighted by Gasteiger charge is -2.35. The number of amides is 12. The first-order valence-electron chi connectivity index (χ1n) is 41.4. The molecule has 136 heavy (non-hydrogen) atoms. The molecule has 8 aromatic rings. The van der Waals surface area contributed by atoms with Crippen molar-refractivity contribution in [2.75, 3.05) is 72.5 Å². The molecule has 0 unspecified atom stereocenters. The van der Waals surface area contributed by atoms with Crippen LogP contribution in [0.25, 0.3) is 43.1 Å². The molecule has 0 fully saturated rings. The SMILES string of the molecule is O=C1CCCOc2cccc3c(cccc23)OCCCC(=O)N[C@H](C(=O)O)CSSC[C@@H](C(=O)O)N2C(=O)c3ccc4c5c(ccc(c35)C2=O)C(=O)N(C4=O)[C@H](C(=O)O)CSSC[C@@H](C(=O)O)N1.O=C1CCCOc2cccc3c(cccc23)OCCCC(=O)N[C@H](C(=O)O)CSSC[C@@H](C(=O)O)N2C(=O)c3ccc4c5c(ccc(c35)C2=O)C(=O)N(C4=O)[C@H](C(=O)O)CSSC[C@@H](C(=O)O)N1. The summed E-state index contributed by atoms with van der Waals surface area (Å²) in [7, 11) is 7.00. The highest BCUT2D eigenvalue weighted by molar-refractivity contribution is 8.77. The first kappa shape index (κ1) is 100. The largest absolute Gasteiger partial charge is 0.493 e. The summed E-state index contributed by atoms with van der Waals surface area (Å²) in [6.07, 6.45) is 0.457. The number of carbonyl (C=O) groups excluding carboxylic acids is 12. The molecule has 0 saturated carbocycles. The Balaban J connectivity index is 0.000000230. The topological polar surface area (TPSA) is 601 Å². The van der Waals surface area contributed by atoms with Crippen molar-refractivity contribution < 1.29 is 156 Å². The summed E-state index contributed by atoms with van der Waals surface area (Å²) in [5.41, 5.74) is -1.65. The van der Waals surface area contributed by atoms with Crippen LogP contribution >= 0.6 is 86.4 Å². The van der Waals surface area contributed by atoms with Gasteiger partial charge in [0.15, 0.2) is 0 Å². The molecule has 40 nitrogen and oxygen atoms in total. The van der Waals surface area contributed by atoms with E-state index in [0.29, 0.717) is 64.1 Å². The van der Waals surface area contributed by atoms with Crippen LogP contribution in [-0.4, -0.2) is 300 Å². The van der Waals surface area contributed by atoms with Gasteiger partial charge in [0.25, 0.3) is 47.3 Å². The van der Waals surface area contributed by atoms with Crippen LogP contribution in [0.2, 0.25) is 0 Å². The van der Waals surface area contributed by atoms with Gasteiger partial charge in [-0.25, -0.2) is 38.4 Å². The molecule has 12 aliphatic heterocycles. The van der Waals surface area contributed by atoms with E-state index in [4.69, 9.17) is 18.9 Å². The van der Waals surface area contributed by atoms with Crippen LogP contribution in [0.1, 0.15) is 134 Å². The number of nitrogens with one attached hydrogen (secondary N) is 4. The summed E-state index contributed by atoms with van der Waals surface area (Å²) in [4.78, 5) is 265. The number of imide groups is 4. The summed E-state index contributed by atoms with van der Waals surface area (Å²) in [5, 5.41) is 92.6. The van der Waals surface area contributed by atoms with E-state index in [1.807, 2.05) is 0 Å². The molecule has 20 rings (SSSR count). The number of carboxylic acid groups (broad SMARTS) is 8. The lowest BCUT2D eigenvalue weighted by Crippen LogP contribution is -2.53. The van der Waals surface area contributed by atoms with Crippen LogP contribution in [-0.2, 0) is 57.5 Å². The minimum absolute atomic E-state index is 0.0904. The Hall–Kier alpha value is -13.0. The fraction of sp³-hybridized carbons (Fsp3) is 0.318. The van der Waals surface area contributed by atoms with E-state index in [1.54, 1.807) is 72.8 Å². The van der Waals surface area contributed by atoms with E-state index < -0.39 is 190 Å². The minimum atomic E-state index is -1.77.